The van der Waals surface area contributed by atoms with Gasteiger partial charge in [-0.05, 0) is 30.5 Å². The van der Waals surface area contributed by atoms with E-state index in [1.54, 1.807) is 25.3 Å². The minimum absolute atomic E-state index is 0.152. The number of benzene rings is 1. The molecule has 0 bridgehead atoms. The molecule has 1 aromatic carbocycles. The van der Waals surface area contributed by atoms with Crippen molar-refractivity contribution in [1.82, 2.24) is 15.3 Å². The van der Waals surface area contributed by atoms with Gasteiger partial charge < -0.3 is 10.3 Å². The predicted octanol–water partition coefficient (Wildman–Crippen LogP) is 3.10. The lowest BCUT2D eigenvalue weighted by molar-refractivity contribution is 0.496. The van der Waals surface area contributed by atoms with Crippen LogP contribution in [0.25, 0.3) is 0 Å². The number of aromatic nitrogens is 2. The van der Waals surface area contributed by atoms with Gasteiger partial charge in [0.1, 0.15) is 11.6 Å². The van der Waals surface area contributed by atoms with Crippen molar-refractivity contribution in [3.8, 4) is 0 Å². The Kier molecular flexibility index (Phi) is 4.10. The molecule has 0 aliphatic carbocycles. The van der Waals surface area contributed by atoms with Crippen LogP contribution in [0, 0.1) is 12.7 Å². The van der Waals surface area contributed by atoms with Gasteiger partial charge in [-0.2, -0.15) is 0 Å². The van der Waals surface area contributed by atoms with Crippen LogP contribution in [0.1, 0.15) is 36.3 Å². The first-order chi connectivity index (χ1) is 8.70. The summed E-state index contributed by atoms with van der Waals surface area (Å²) in [6, 6.07) is 5.50. The molecule has 1 aromatic heterocycles. The Bertz CT molecular complexity index is 494. The minimum atomic E-state index is -0.152. The van der Waals surface area contributed by atoms with E-state index in [1.165, 1.54) is 0 Å². The molecule has 2 aromatic rings. The largest absolute Gasteiger partial charge is 0.347 e. The van der Waals surface area contributed by atoms with Gasteiger partial charge >= 0.3 is 0 Å². The van der Waals surface area contributed by atoms with Gasteiger partial charge in [-0.1, -0.05) is 19.1 Å². The lowest BCUT2D eigenvalue weighted by Gasteiger charge is -2.14. The topological polar surface area (TPSA) is 40.7 Å². The Hall–Kier alpha value is -1.68. The molecule has 0 aliphatic heterocycles. The summed E-state index contributed by atoms with van der Waals surface area (Å²) in [5.74, 6) is 0.769. The van der Waals surface area contributed by atoms with Gasteiger partial charge in [0.05, 0.1) is 6.04 Å². The number of aryl methyl sites for hydroxylation is 1. The smallest absolute Gasteiger partial charge is 0.126 e. The molecule has 2 N–H and O–H groups in total. The van der Waals surface area contributed by atoms with Gasteiger partial charge in [0.25, 0.3) is 0 Å². The van der Waals surface area contributed by atoms with Crippen molar-refractivity contribution in [2.75, 3.05) is 0 Å². The zero-order valence-corrected chi connectivity index (χ0v) is 10.7. The molecule has 0 amide bonds. The van der Waals surface area contributed by atoms with Crippen molar-refractivity contribution < 1.29 is 4.39 Å². The standard InChI is InChI=1S/C14H18FN3/c1-3-13(14-16-6-7-17-14)18-9-11-5-4-10(2)12(15)8-11/h4-8,13,18H,3,9H2,1-2H3,(H,16,17). The molecule has 96 valence electrons. The van der Waals surface area contributed by atoms with Gasteiger partial charge in [0.15, 0.2) is 0 Å². The van der Waals surface area contributed by atoms with Crippen molar-refractivity contribution in [2.45, 2.75) is 32.9 Å². The second-order valence-electron chi connectivity index (χ2n) is 4.40. The summed E-state index contributed by atoms with van der Waals surface area (Å²) >= 11 is 0. The normalized spacial score (nSPS) is 12.6. The van der Waals surface area contributed by atoms with Crippen LogP contribution in [0.4, 0.5) is 4.39 Å². The average Bonchev–Trinajstić information content (AvgIpc) is 2.88. The molecule has 0 fully saturated rings. The molecule has 1 heterocycles. The summed E-state index contributed by atoms with van der Waals surface area (Å²) in [6.45, 7) is 4.50. The van der Waals surface area contributed by atoms with E-state index in [9.17, 15) is 4.39 Å². The summed E-state index contributed by atoms with van der Waals surface area (Å²) in [4.78, 5) is 7.34. The summed E-state index contributed by atoms with van der Waals surface area (Å²) < 4.78 is 13.4. The molecule has 1 unspecified atom stereocenters. The molecule has 0 radical (unpaired) electrons. The quantitative estimate of drug-likeness (QED) is 0.852. The minimum Gasteiger partial charge on any atom is -0.347 e. The number of hydrogen-bond donors (Lipinski definition) is 2. The molecule has 18 heavy (non-hydrogen) atoms. The van der Waals surface area contributed by atoms with Gasteiger partial charge in [-0.15, -0.1) is 0 Å². The fourth-order valence-electron chi connectivity index (χ4n) is 1.89. The van der Waals surface area contributed by atoms with Gasteiger partial charge in [0.2, 0.25) is 0 Å². The van der Waals surface area contributed by atoms with Gasteiger partial charge in [-0.3, -0.25) is 0 Å². The Morgan fingerprint density at radius 2 is 2.28 bits per heavy atom. The van der Waals surface area contributed by atoms with Crippen LogP contribution >= 0.6 is 0 Å². The Balaban J connectivity index is 1.99. The van der Waals surface area contributed by atoms with Gasteiger partial charge in [0, 0.05) is 18.9 Å². The van der Waals surface area contributed by atoms with E-state index in [1.807, 2.05) is 12.3 Å². The number of H-pyrrole nitrogens is 1. The van der Waals surface area contributed by atoms with E-state index < -0.39 is 0 Å². The van der Waals surface area contributed by atoms with E-state index in [2.05, 4.69) is 22.2 Å². The number of hydrogen-bond acceptors (Lipinski definition) is 2. The monoisotopic (exact) mass is 247 g/mol. The van der Waals surface area contributed by atoms with Crippen molar-refractivity contribution in [2.24, 2.45) is 0 Å². The van der Waals surface area contributed by atoms with Gasteiger partial charge in [-0.25, -0.2) is 9.37 Å². The number of rotatable bonds is 5. The number of aromatic amines is 1. The zero-order valence-electron chi connectivity index (χ0n) is 10.7. The highest BCUT2D eigenvalue weighted by Crippen LogP contribution is 2.14. The van der Waals surface area contributed by atoms with Crippen molar-refractivity contribution in [1.29, 1.82) is 0 Å². The summed E-state index contributed by atoms with van der Waals surface area (Å²) in [7, 11) is 0. The van der Waals surface area contributed by atoms with Crippen LogP contribution in [0.5, 0.6) is 0 Å². The highest BCUT2D eigenvalue weighted by atomic mass is 19.1. The molecule has 0 aliphatic rings. The van der Waals surface area contributed by atoms with Crippen LogP contribution in [0.15, 0.2) is 30.6 Å². The van der Waals surface area contributed by atoms with E-state index in [-0.39, 0.29) is 11.9 Å². The Labute approximate surface area is 106 Å². The van der Waals surface area contributed by atoms with E-state index in [0.717, 1.165) is 17.8 Å². The Morgan fingerprint density at radius 3 is 2.89 bits per heavy atom. The zero-order chi connectivity index (χ0) is 13.0. The summed E-state index contributed by atoms with van der Waals surface area (Å²) in [5.41, 5.74) is 1.62. The van der Waals surface area contributed by atoms with Crippen LogP contribution < -0.4 is 5.32 Å². The molecule has 1 atom stereocenters. The fraction of sp³-hybridized carbons (Fsp3) is 0.357. The molecular formula is C14H18FN3. The van der Waals surface area contributed by atoms with E-state index in [0.29, 0.717) is 12.1 Å². The first kappa shape index (κ1) is 12.8. The molecule has 2 rings (SSSR count). The SMILES string of the molecule is CCC(NCc1ccc(C)c(F)c1)c1ncc[nH]1. The summed E-state index contributed by atoms with van der Waals surface area (Å²) in [6.07, 6.45) is 4.48. The second kappa shape index (κ2) is 5.78. The van der Waals surface area contributed by atoms with Crippen LogP contribution in [0.2, 0.25) is 0 Å². The van der Waals surface area contributed by atoms with Crippen molar-refractivity contribution in [3.63, 3.8) is 0 Å². The van der Waals surface area contributed by atoms with Crippen molar-refractivity contribution in [3.05, 3.63) is 53.4 Å². The number of nitrogens with zero attached hydrogens (tertiary/aromatic N) is 1. The average molecular weight is 247 g/mol. The molecule has 0 spiro atoms. The van der Waals surface area contributed by atoms with E-state index >= 15 is 0 Å². The van der Waals surface area contributed by atoms with Crippen LogP contribution in [-0.2, 0) is 6.54 Å². The first-order valence-electron chi connectivity index (χ1n) is 6.18. The predicted molar refractivity (Wildman–Crippen MR) is 69.6 cm³/mol. The van der Waals surface area contributed by atoms with Crippen LogP contribution in [0.3, 0.4) is 0 Å². The van der Waals surface area contributed by atoms with Crippen molar-refractivity contribution >= 4 is 0 Å². The summed E-state index contributed by atoms with van der Waals surface area (Å²) in [5, 5.41) is 3.37. The Morgan fingerprint density at radius 1 is 1.44 bits per heavy atom. The molecule has 0 saturated carbocycles. The third kappa shape index (κ3) is 2.96. The van der Waals surface area contributed by atoms with Crippen LogP contribution in [-0.4, -0.2) is 9.97 Å². The first-order valence-corrected chi connectivity index (χ1v) is 6.18. The lowest BCUT2D eigenvalue weighted by atomic mass is 10.1. The maximum Gasteiger partial charge on any atom is 0.126 e. The maximum absolute atomic E-state index is 13.4. The number of imidazole rings is 1. The highest BCUT2D eigenvalue weighted by molar-refractivity contribution is 5.23. The molecular weight excluding hydrogens is 229 g/mol. The number of halogens is 1. The number of nitrogens with one attached hydrogen (secondary N) is 2. The molecule has 0 saturated heterocycles. The maximum atomic E-state index is 13.4. The highest BCUT2D eigenvalue weighted by Gasteiger charge is 2.10. The fourth-order valence-corrected chi connectivity index (χ4v) is 1.89. The lowest BCUT2D eigenvalue weighted by Crippen LogP contribution is -2.21. The molecule has 4 heteroatoms. The molecule has 3 nitrogen and oxygen atoms in total. The van der Waals surface area contributed by atoms with E-state index in [4.69, 9.17) is 0 Å². The third-order valence-corrected chi connectivity index (χ3v) is 3.05. The second-order valence-corrected chi connectivity index (χ2v) is 4.40. The third-order valence-electron chi connectivity index (χ3n) is 3.05.